The molecule has 4 nitrogen and oxygen atoms in total. The Balaban J connectivity index is 1.75. The first-order valence-electron chi connectivity index (χ1n) is 7.22. The van der Waals surface area contributed by atoms with E-state index in [9.17, 15) is 0 Å². The molecule has 0 aromatic rings. The summed E-state index contributed by atoms with van der Waals surface area (Å²) in [6.07, 6.45) is 4.51. The van der Waals surface area contributed by atoms with E-state index in [2.05, 4.69) is 31.2 Å². The maximum Gasteiger partial charge on any atom is 0.0951 e. The predicted molar refractivity (Wildman–Crippen MR) is 72.9 cm³/mol. The molecule has 106 valence electrons. The van der Waals surface area contributed by atoms with Gasteiger partial charge in [0.1, 0.15) is 0 Å². The lowest BCUT2D eigenvalue weighted by molar-refractivity contribution is -0.0902. The van der Waals surface area contributed by atoms with Crippen molar-refractivity contribution < 1.29 is 9.47 Å². The van der Waals surface area contributed by atoms with Crippen molar-refractivity contribution in [3.63, 3.8) is 0 Å². The summed E-state index contributed by atoms with van der Waals surface area (Å²) in [5, 5.41) is 3.76. The van der Waals surface area contributed by atoms with Gasteiger partial charge in [-0.25, -0.2) is 0 Å². The van der Waals surface area contributed by atoms with Crippen molar-refractivity contribution in [1.82, 2.24) is 10.2 Å². The Hall–Kier alpha value is -0.160. The highest BCUT2D eigenvalue weighted by molar-refractivity contribution is 4.93. The zero-order valence-corrected chi connectivity index (χ0v) is 12.1. The van der Waals surface area contributed by atoms with Crippen molar-refractivity contribution in [2.24, 2.45) is 0 Å². The lowest BCUT2D eigenvalue weighted by Crippen LogP contribution is -2.49. The first-order valence-corrected chi connectivity index (χ1v) is 7.22. The van der Waals surface area contributed by atoms with Gasteiger partial charge in [0.25, 0.3) is 0 Å². The lowest BCUT2D eigenvalue weighted by Gasteiger charge is -2.38. The molecule has 2 aliphatic rings. The molecule has 0 aliphatic carbocycles. The smallest absolute Gasteiger partial charge is 0.0951 e. The highest BCUT2D eigenvalue weighted by Gasteiger charge is 2.41. The molecule has 1 spiro atoms. The van der Waals surface area contributed by atoms with Crippen LogP contribution in [-0.4, -0.2) is 63.0 Å². The van der Waals surface area contributed by atoms with Gasteiger partial charge in [-0.3, -0.25) is 0 Å². The molecule has 2 aliphatic heterocycles. The van der Waals surface area contributed by atoms with Crippen LogP contribution in [0.4, 0.5) is 0 Å². The molecule has 0 aromatic carbocycles. The molecule has 2 fully saturated rings. The molecule has 2 saturated heterocycles. The summed E-state index contributed by atoms with van der Waals surface area (Å²) >= 11 is 0. The fourth-order valence-electron chi connectivity index (χ4n) is 2.97. The molecular formula is C14H28N2O2. The van der Waals surface area contributed by atoms with Gasteiger partial charge in [-0.2, -0.15) is 0 Å². The molecule has 0 aromatic heterocycles. The number of nitrogens with zero attached hydrogens (tertiary/aromatic N) is 1. The van der Waals surface area contributed by atoms with E-state index < -0.39 is 0 Å². The van der Waals surface area contributed by atoms with Gasteiger partial charge in [0.05, 0.1) is 12.2 Å². The zero-order valence-electron chi connectivity index (χ0n) is 12.1. The van der Waals surface area contributed by atoms with Gasteiger partial charge in [-0.1, -0.05) is 0 Å². The number of rotatable bonds is 5. The molecule has 4 heteroatoms. The Morgan fingerprint density at radius 1 is 1.39 bits per heavy atom. The normalized spacial score (nSPS) is 34.3. The van der Waals surface area contributed by atoms with Crippen molar-refractivity contribution in [2.45, 2.75) is 50.3 Å². The van der Waals surface area contributed by atoms with Crippen LogP contribution >= 0.6 is 0 Å². The summed E-state index contributed by atoms with van der Waals surface area (Å²) in [4.78, 5) is 2.24. The maximum atomic E-state index is 5.96. The first-order chi connectivity index (χ1) is 8.60. The van der Waals surface area contributed by atoms with E-state index in [1.807, 2.05) is 0 Å². The molecule has 3 unspecified atom stereocenters. The largest absolute Gasteiger partial charge is 0.378 e. The third-order valence-electron chi connectivity index (χ3n) is 4.09. The summed E-state index contributed by atoms with van der Waals surface area (Å²) in [7, 11) is 4.26. The second-order valence-corrected chi connectivity index (χ2v) is 6.18. The van der Waals surface area contributed by atoms with Crippen molar-refractivity contribution in [1.29, 1.82) is 0 Å². The van der Waals surface area contributed by atoms with Gasteiger partial charge in [-0.05, 0) is 46.8 Å². The summed E-state index contributed by atoms with van der Waals surface area (Å²) in [6.45, 7) is 5.96. The van der Waals surface area contributed by atoms with E-state index in [1.165, 1.54) is 6.42 Å². The van der Waals surface area contributed by atoms with Crippen LogP contribution in [-0.2, 0) is 9.47 Å². The highest BCUT2D eigenvalue weighted by atomic mass is 16.6. The third kappa shape index (κ3) is 3.92. The molecule has 0 saturated carbocycles. The van der Waals surface area contributed by atoms with E-state index in [0.29, 0.717) is 12.1 Å². The van der Waals surface area contributed by atoms with Crippen molar-refractivity contribution in [2.75, 3.05) is 40.5 Å². The van der Waals surface area contributed by atoms with Gasteiger partial charge in [0.15, 0.2) is 0 Å². The molecule has 3 atom stereocenters. The SMILES string of the molecule is CC(CCN(C)C)NC1CCOC2(CCOC2)C1. The van der Waals surface area contributed by atoms with Crippen LogP contribution in [0.25, 0.3) is 0 Å². The molecule has 0 bridgehead atoms. The Kier molecular flexibility index (Phi) is 5.01. The molecular weight excluding hydrogens is 228 g/mol. The number of hydrogen-bond acceptors (Lipinski definition) is 4. The summed E-state index contributed by atoms with van der Waals surface area (Å²) < 4.78 is 11.5. The van der Waals surface area contributed by atoms with Crippen molar-refractivity contribution >= 4 is 0 Å². The van der Waals surface area contributed by atoms with Crippen LogP contribution < -0.4 is 5.32 Å². The average molecular weight is 256 g/mol. The topological polar surface area (TPSA) is 33.7 Å². The van der Waals surface area contributed by atoms with Crippen LogP contribution in [0.1, 0.15) is 32.6 Å². The number of nitrogens with one attached hydrogen (secondary N) is 1. The fraction of sp³-hybridized carbons (Fsp3) is 1.00. The van der Waals surface area contributed by atoms with E-state index in [4.69, 9.17) is 9.47 Å². The van der Waals surface area contributed by atoms with Gasteiger partial charge in [-0.15, -0.1) is 0 Å². The van der Waals surface area contributed by atoms with Crippen LogP contribution in [0.2, 0.25) is 0 Å². The van der Waals surface area contributed by atoms with Crippen LogP contribution in [0, 0.1) is 0 Å². The predicted octanol–water partition coefficient (Wildman–Crippen LogP) is 1.25. The highest BCUT2D eigenvalue weighted by Crippen LogP contribution is 2.32. The minimum absolute atomic E-state index is 0.0250. The quantitative estimate of drug-likeness (QED) is 0.803. The lowest BCUT2D eigenvalue weighted by atomic mass is 9.89. The minimum Gasteiger partial charge on any atom is -0.378 e. The Bertz CT molecular complexity index is 252. The van der Waals surface area contributed by atoms with Crippen LogP contribution in [0.3, 0.4) is 0 Å². The van der Waals surface area contributed by atoms with Crippen molar-refractivity contribution in [3.05, 3.63) is 0 Å². The molecule has 2 heterocycles. The van der Waals surface area contributed by atoms with E-state index in [0.717, 1.165) is 45.6 Å². The number of hydrogen-bond donors (Lipinski definition) is 1. The Morgan fingerprint density at radius 2 is 2.22 bits per heavy atom. The molecule has 18 heavy (non-hydrogen) atoms. The average Bonchev–Trinajstić information content (AvgIpc) is 2.75. The Morgan fingerprint density at radius 3 is 2.89 bits per heavy atom. The molecule has 0 radical (unpaired) electrons. The van der Waals surface area contributed by atoms with Crippen LogP contribution in [0.15, 0.2) is 0 Å². The fourth-order valence-corrected chi connectivity index (χ4v) is 2.97. The van der Waals surface area contributed by atoms with Gasteiger partial charge < -0.3 is 19.7 Å². The second kappa shape index (κ2) is 6.33. The van der Waals surface area contributed by atoms with Gasteiger partial charge >= 0.3 is 0 Å². The second-order valence-electron chi connectivity index (χ2n) is 6.18. The molecule has 0 amide bonds. The van der Waals surface area contributed by atoms with Crippen LogP contribution in [0.5, 0.6) is 0 Å². The summed E-state index contributed by atoms with van der Waals surface area (Å²) in [6, 6.07) is 1.17. The first kappa shape index (κ1) is 14.3. The summed E-state index contributed by atoms with van der Waals surface area (Å²) in [5.41, 5.74) is 0.0250. The van der Waals surface area contributed by atoms with Gasteiger partial charge in [0.2, 0.25) is 0 Å². The molecule has 1 N–H and O–H groups in total. The van der Waals surface area contributed by atoms with E-state index in [-0.39, 0.29) is 5.60 Å². The third-order valence-corrected chi connectivity index (χ3v) is 4.09. The maximum absolute atomic E-state index is 5.96. The van der Waals surface area contributed by atoms with E-state index in [1.54, 1.807) is 0 Å². The minimum atomic E-state index is 0.0250. The standard InChI is InChI=1S/C14H28N2O2/c1-12(4-7-16(2)3)15-13-5-8-18-14(10-13)6-9-17-11-14/h12-13,15H,4-11H2,1-3H3. The number of ether oxygens (including phenoxy) is 2. The zero-order chi connectivity index (χ0) is 13.0. The molecule has 2 rings (SSSR count). The van der Waals surface area contributed by atoms with E-state index >= 15 is 0 Å². The van der Waals surface area contributed by atoms with Crippen molar-refractivity contribution in [3.8, 4) is 0 Å². The summed E-state index contributed by atoms with van der Waals surface area (Å²) in [5.74, 6) is 0. The Labute approximate surface area is 111 Å². The van der Waals surface area contributed by atoms with Gasteiger partial charge in [0, 0.05) is 31.7 Å². The monoisotopic (exact) mass is 256 g/mol.